The predicted octanol–water partition coefficient (Wildman–Crippen LogP) is 3.28. The Morgan fingerprint density at radius 1 is 1.15 bits per heavy atom. The van der Waals surface area contributed by atoms with Crippen molar-refractivity contribution in [3.8, 4) is 0 Å². The molecule has 0 spiro atoms. The Morgan fingerprint density at radius 2 is 1.70 bits per heavy atom. The van der Waals surface area contributed by atoms with Gasteiger partial charge in [0.1, 0.15) is 6.10 Å². The molecule has 3 heteroatoms. The number of carbonyl (C=O) groups is 2. The summed E-state index contributed by atoms with van der Waals surface area (Å²) in [5, 5.41) is 0. The number of hydrogen-bond acceptors (Lipinski definition) is 3. The lowest BCUT2D eigenvalue weighted by Crippen LogP contribution is -2.21. The quantitative estimate of drug-likeness (QED) is 0.743. The van der Waals surface area contributed by atoms with Crippen molar-refractivity contribution >= 4 is 11.8 Å². The number of ketones is 1. The third-order valence-corrected chi connectivity index (χ3v) is 6.08. The average Bonchev–Trinajstić information content (AvgIpc) is 3.15. The Balaban J connectivity index is 1.71. The standard InChI is InChI=1S/C17H24O3/c1-9-12(8-11(18)13(9)10-6-7-10)20-15(19)14-16(2,3)17(14,4)5/h10,12,14H,6-8H2,1-5H3. The molecule has 2 saturated carbocycles. The molecule has 0 bridgehead atoms. The molecule has 0 aromatic rings. The van der Waals surface area contributed by atoms with E-state index in [1.807, 2.05) is 6.92 Å². The molecule has 3 rings (SSSR count). The van der Waals surface area contributed by atoms with Gasteiger partial charge in [0.2, 0.25) is 0 Å². The molecule has 0 N–H and O–H groups in total. The molecule has 110 valence electrons. The summed E-state index contributed by atoms with van der Waals surface area (Å²) in [7, 11) is 0. The van der Waals surface area contributed by atoms with Gasteiger partial charge in [0.15, 0.2) is 5.78 Å². The molecular formula is C17H24O3. The van der Waals surface area contributed by atoms with Crippen LogP contribution in [0.5, 0.6) is 0 Å². The van der Waals surface area contributed by atoms with Gasteiger partial charge in [-0.05, 0) is 42.1 Å². The van der Waals surface area contributed by atoms with E-state index in [1.165, 1.54) is 0 Å². The molecule has 0 amide bonds. The Bertz CT molecular complexity index is 506. The molecule has 0 saturated heterocycles. The topological polar surface area (TPSA) is 43.4 Å². The molecule has 1 atom stereocenters. The smallest absolute Gasteiger partial charge is 0.310 e. The molecule has 2 fully saturated rings. The van der Waals surface area contributed by atoms with E-state index in [9.17, 15) is 9.59 Å². The first-order valence-corrected chi connectivity index (χ1v) is 7.62. The maximum Gasteiger partial charge on any atom is 0.310 e. The lowest BCUT2D eigenvalue weighted by Gasteiger charge is -2.14. The van der Waals surface area contributed by atoms with Gasteiger partial charge >= 0.3 is 5.97 Å². The minimum atomic E-state index is -0.308. The van der Waals surface area contributed by atoms with E-state index in [-0.39, 0.29) is 34.6 Å². The lowest BCUT2D eigenvalue weighted by molar-refractivity contribution is -0.150. The monoisotopic (exact) mass is 276 g/mol. The molecule has 0 radical (unpaired) electrons. The zero-order chi connectivity index (χ0) is 14.9. The van der Waals surface area contributed by atoms with Crippen LogP contribution in [0.2, 0.25) is 0 Å². The van der Waals surface area contributed by atoms with Crippen molar-refractivity contribution in [1.82, 2.24) is 0 Å². The first-order chi connectivity index (χ1) is 9.18. The highest BCUT2D eigenvalue weighted by Gasteiger charge is 2.69. The SMILES string of the molecule is CC1=C(C2CC2)C(=O)CC1OC(=O)C1C(C)(C)C1(C)C. The molecule has 0 heterocycles. The Kier molecular flexibility index (Phi) is 2.74. The Morgan fingerprint density at radius 3 is 2.15 bits per heavy atom. The van der Waals surface area contributed by atoms with Crippen LogP contribution in [0.1, 0.15) is 53.9 Å². The van der Waals surface area contributed by atoms with Crippen molar-refractivity contribution in [1.29, 1.82) is 0 Å². The summed E-state index contributed by atoms with van der Waals surface area (Å²) in [6, 6.07) is 0. The van der Waals surface area contributed by atoms with Crippen LogP contribution < -0.4 is 0 Å². The van der Waals surface area contributed by atoms with Crippen LogP contribution in [0.3, 0.4) is 0 Å². The molecule has 1 unspecified atom stereocenters. The normalized spacial score (nSPS) is 31.6. The highest BCUT2D eigenvalue weighted by molar-refractivity contribution is 6.00. The summed E-state index contributed by atoms with van der Waals surface area (Å²) in [5.74, 6) is 0.453. The Hall–Kier alpha value is -1.12. The average molecular weight is 276 g/mol. The van der Waals surface area contributed by atoms with Crippen LogP contribution in [0.15, 0.2) is 11.1 Å². The van der Waals surface area contributed by atoms with Crippen molar-refractivity contribution in [2.24, 2.45) is 22.7 Å². The molecule has 0 aromatic heterocycles. The maximum atomic E-state index is 12.4. The molecule has 3 nitrogen and oxygen atoms in total. The van der Waals surface area contributed by atoms with Crippen LogP contribution in [-0.4, -0.2) is 17.9 Å². The molecular weight excluding hydrogens is 252 g/mol. The largest absolute Gasteiger partial charge is 0.457 e. The molecule has 0 aromatic carbocycles. The fraction of sp³-hybridized carbons (Fsp3) is 0.765. The van der Waals surface area contributed by atoms with Crippen LogP contribution >= 0.6 is 0 Å². The van der Waals surface area contributed by atoms with E-state index in [4.69, 9.17) is 4.74 Å². The minimum absolute atomic E-state index is 0.0103. The van der Waals surface area contributed by atoms with Gasteiger partial charge in [0.05, 0.1) is 12.3 Å². The number of esters is 1. The van der Waals surface area contributed by atoms with Crippen LogP contribution in [-0.2, 0) is 14.3 Å². The van der Waals surface area contributed by atoms with Gasteiger partial charge < -0.3 is 4.74 Å². The van der Waals surface area contributed by atoms with E-state index >= 15 is 0 Å². The lowest BCUT2D eigenvalue weighted by atomic mass is 10.0. The minimum Gasteiger partial charge on any atom is -0.457 e. The third kappa shape index (κ3) is 1.78. The van der Waals surface area contributed by atoms with Crippen molar-refractivity contribution in [3.63, 3.8) is 0 Å². The van der Waals surface area contributed by atoms with Gasteiger partial charge in [-0.3, -0.25) is 9.59 Å². The molecule has 0 aliphatic heterocycles. The zero-order valence-electron chi connectivity index (χ0n) is 13.1. The fourth-order valence-electron chi connectivity index (χ4n) is 3.87. The second kappa shape index (κ2) is 3.96. The fourth-order valence-corrected chi connectivity index (χ4v) is 3.87. The highest BCUT2D eigenvalue weighted by Crippen LogP contribution is 2.68. The van der Waals surface area contributed by atoms with Crippen LogP contribution in [0, 0.1) is 22.7 Å². The maximum absolute atomic E-state index is 12.4. The number of rotatable bonds is 3. The second-order valence-corrected chi connectivity index (χ2v) is 7.80. The van der Waals surface area contributed by atoms with Gasteiger partial charge in [-0.25, -0.2) is 0 Å². The number of hydrogen-bond donors (Lipinski definition) is 0. The van der Waals surface area contributed by atoms with Gasteiger partial charge in [-0.2, -0.15) is 0 Å². The van der Waals surface area contributed by atoms with E-state index in [0.717, 1.165) is 24.0 Å². The van der Waals surface area contributed by atoms with Crippen molar-refractivity contribution < 1.29 is 14.3 Å². The third-order valence-electron chi connectivity index (χ3n) is 6.08. The van der Waals surface area contributed by atoms with Crippen LogP contribution in [0.4, 0.5) is 0 Å². The van der Waals surface area contributed by atoms with E-state index in [2.05, 4.69) is 27.7 Å². The first-order valence-electron chi connectivity index (χ1n) is 7.62. The van der Waals surface area contributed by atoms with Crippen molar-refractivity contribution in [2.75, 3.05) is 0 Å². The summed E-state index contributed by atoms with van der Waals surface area (Å²) in [5.41, 5.74) is 1.94. The summed E-state index contributed by atoms with van der Waals surface area (Å²) in [6.07, 6.45) is 2.28. The second-order valence-electron chi connectivity index (χ2n) is 7.80. The molecule has 3 aliphatic carbocycles. The summed E-state index contributed by atoms with van der Waals surface area (Å²) >= 11 is 0. The van der Waals surface area contributed by atoms with E-state index in [1.54, 1.807) is 0 Å². The van der Waals surface area contributed by atoms with Crippen molar-refractivity contribution in [3.05, 3.63) is 11.1 Å². The predicted molar refractivity (Wildman–Crippen MR) is 76.0 cm³/mol. The zero-order valence-corrected chi connectivity index (χ0v) is 13.1. The Labute approximate surface area is 120 Å². The molecule has 3 aliphatic rings. The van der Waals surface area contributed by atoms with E-state index in [0.29, 0.717) is 12.3 Å². The summed E-state index contributed by atoms with van der Waals surface area (Å²) in [4.78, 5) is 24.4. The van der Waals surface area contributed by atoms with Gasteiger partial charge in [-0.15, -0.1) is 0 Å². The number of allylic oxidation sites excluding steroid dienone is 1. The number of Topliss-reactive ketones (excluding diaryl/α,β-unsaturated/α-hetero) is 1. The van der Waals surface area contributed by atoms with Gasteiger partial charge in [0, 0.05) is 5.57 Å². The van der Waals surface area contributed by atoms with E-state index < -0.39 is 0 Å². The highest BCUT2D eigenvalue weighted by atomic mass is 16.5. The number of ether oxygens (including phenoxy) is 1. The summed E-state index contributed by atoms with van der Waals surface area (Å²) < 4.78 is 5.68. The van der Waals surface area contributed by atoms with Gasteiger partial charge in [0.25, 0.3) is 0 Å². The van der Waals surface area contributed by atoms with Crippen LogP contribution in [0.25, 0.3) is 0 Å². The molecule has 20 heavy (non-hydrogen) atoms. The number of carbonyl (C=O) groups excluding carboxylic acids is 2. The van der Waals surface area contributed by atoms with Crippen molar-refractivity contribution in [2.45, 2.75) is 60.0 Å². The van der Waals surface area contributed by atoms with Gasteiger partial charge in [-0.1, -0.05) is 27.7 Å². The summed E-state index contributed by atoms with van der Waals surface area (Å²) in [6.45, 7) is 10.4. The first kappa shape index (κ1) is 13.8.